The highest BCUT2D eigenvalue weighted by molar-refractivity contribution is 7.90. The van der Waals surface area contributed by atoms with Crippen LogP contribution < -0.4 is 4.72 Å². The standard InChI is InChI=1S/C12H16ClNO6S2/c1-21(17,18)8-9-4-5-10(13)7-11(9)22(19,20)14-6-2-3-12(15)16/h4-5,7,14H,2-3,6,8H2,1H3,(H,15,16). The van der Waals surface area contributed by atoms with Crippen LogP contribution in [0.2, 0.25) is 5.02 Å². The first-order chi connectivity index (χ1) is 10.0. The van der Waals surface area contributed by atoms with Crippen LogP contribution in [0, 0.1) is 0 Å². The number of rotatable bonds is 8. The van der Waals surface area contributed by atoms with Gasteiger partial charge in [-0.3, -0.25) is 4.79 Å². The fourth-order valence-corrected chi connectivity index (χ4v) is 4.19. The van der Waals surface area contributed by atoms with E-state index in [1.807, 2.05) is 0 Å². The molecule has 1 aromatic rings. The smallest absolute Gasteiger partial charge is 0.303 e. The molecule has 0 aliphatic carbocycles. The average molecular weight is 370 g/mol. The van der Waals surface area contributed by atoms with Crippen LogP contribution in [0.15, 0.2) is 23.1 Å². The Morgan fingerprint density at radius 3 is 2.45 bits per heavy atom. The van der Waals surface area contributed by atoms with Crippen LogP contribution in [0.3, 0.4) is 0 Å². The van der Waals surface area contributed by atoms with Crippen LogP contribution in [-0.4, -0.2) is 40.7 Å². The lowest BCUT2D eigenvalue weighted by atomic mass is 10.2. The number of aliphatic carboxylic acids is 1. The predicted molar refractivity (Wildman–Crippen MR) is 82.1 cm³/mol. The van der Waals surface area contributed by atoms with Gasteiger partial charge in [0.1, 0.15) is 0 Å². The number of sulfonamides is 1. The molecule has 0 atom stereocenters. The molecule has 0 unspecified atom stereocenters. The molecular formula is C12H16ClNO6S2. The van der Waals surface area contributed by atoms with Crippen molar-refractivity contribution in [1.82, 2.24) is 4.72 Å². The lowest BCUT2D eigenvalue weighted by Crippen LogP contribution is -2.26. The van der Waals surface area contributed by atoms with Crippen LogP contribution >= 0.6 is 11.6 Å². The van der Waals surface area contributed by atoms with Gasteiger partial charge in [-0.15, -0.1) is 0 Å². The topological polar surface area (TPSA) is 118 Å². The molecule has 0 amide bonds. The minimum Gasteiger partial charge on any atom is -0.481 e. The van der Waals surface area contributed by atoms with Gasteiger partial charge >= 0.3 is 5.97 Å². The number of sulfone groups is 1. The van der Waals surface area contributed by atoms with Crippen LogP contribution in [0.25, 0.3) is 0 Å². The van der Waals surface area contributed by atoms with Gasteiger partial charge in [-0.05, 0) is 24.1 Å². The van der Waals surface area contributed by atoms with Gasteiger partial charge in [0, 0.05) is 24.2 Å². The zero-order valence-corrected chi connectivity index (χ0v) is 14.1. The summed E-state index contributed by atoms with van der Waals surface area (Å²) < 4.78 is 49.5. The SMILES string of the molecule is CS(=O)(=O)Cc1ccc(Cl)cc1S(=O)(=O)NCCCC(=O)O. The maximum atomic E-state index is 12.2. The molecule has 0 saturated heterocycles. The summed E-state index contributed by atoms with van der Waals surface area (Å²) in [5, 5.41) is 8.66. The van der Waals surface area contributed by atoms with Crippen molar-refractivity contribution >= 4 is 37.4 Å². The van der Waals surface area contributed by atoms with Gasteiger partial charge in [-0.25, -0.2) is 21.6 Å². The van der Waals surface area contributed by atoms with Gasteiger partial charge < -0.3 is 5.11 Å². The Kier molecular flexibility index (Phi) is 6.36. The molecule has 1 aromatic carbocycles. The van der Waals surface area contributed by atoms with E-state index in [4.69, 9.17) is 16.7 Å². The van der Waals surface area contributed by atoms with E-state index in [1.54, 1.807) is 0 Å². The summed E-state index contributed by atoms with van der Waals surface area (Å²) in [5.74, 6) is -1.46. The van der Waals surface area contributed by atoms with Crippen molar-refractivity contribution in [2.75, 3.05) is 12.8 Å². The monoisotopic (exact) mass is 369 g/mol. The average Bonchev–Trinajstić information content (AvgIpc) is 2.35. The van der Waals surface area contributed by atoms with E-state index in [2.05, 4.69) is 4.72 Å². The van der Waals surface area contributed by atoms with Crippen LogP contribution in [0.1, 0.15) is 18.4 Å². The van der Waals surface area contributed by atoms with Gasteiger partial charge in [-0.2, -0.15) is 0 Å². The second kappa shape index (κ2) is 7.40. The normalized spacial score (nSPS) is 12.3. The summed E-state index contributed by atoms with van der Waals surface area (Å²) >= 11 is 5.78. The molecule has 0 radical (unpaired) electrons. The quantitative estimate of drug-likeness (QED) is 0.661. The second-order valence-corrected chi connectivity index (χ2v) is 9.03. The molecule has 0 aliphatic rings. The van der Waals surface area contributed by atoms with Crippen LogP contribution in [0.5, 0.6) is 0 Å². The molecule has 0 spiro atoms. The molecule has 0 fully saturated rings. The third kappa shape index (κ3) is 6.30. The first-order valence-electron chi connectivity index (χ1n) is 6.19. The Morgan fingerprint density at radius 2 is 1.91 bits per heavy atom. The third-order valence-corrected chi connectivity index (χ3v) is 5.21. The minimum atomic E-state index is -3.98. The van der Waals surface area contributed by atoms with Crippen molar-refractivity contribution in [2.45, 2.75) is 23.5 Å². The van der Waals surface area contributed by atoms with E-state index in [0.29, 0.717) is 0 Å². The minimum absolute atomic E-state index is 0.0700. The third-order valence-electron chi connectivity index (χ3n) is 2.60. The maximum absolute atomic E-state index is 12.2. The Hall–Kier alpha value is -1.16. The summed E-state index contributed by atoms with van der Waals surface area (Å²) in [6.07, 6.45) is 0.948. The van der Waals surface area contributed by atoms with E-state index in [1.165, 1.54) is 18.2 Å². The molecular weight excluding hydrogens is 354 g/mol. The second-order valence-electron chi connectivity index (χ2n) is 4.72. The van der Waals surface area contributed by atoms with Gasteiger partial charge in [0.25, 0.3) is 0 Å². The van der Waals surface area contributed by atoms with E-state index < -0.39 is 31.6 Å². The highest BCUT2D eigenvalue weighted by Crippen LogP contribution is 2.22. The van der Waals surface area contributed by atoms with Crippen molar-refractivity contribution < 1.29 is 26.7 Å². The molecule has 0 aromatic heterocycles. The fourth-order valence-electron chi connectivity index (χ4n) is 1.70. The van der Waals surface area contributed by atoms with E-state index in [-0.39, 0.29) is 34.9 Å². The summed E-state index contributed by atoms with van der Waals surface area (Å²) in [5.41, 5.74) is 0.109. The molecule has 1 rings (SSSR count). The highest BCUT2D eigenvalue weighted by atomic mass is 35.5. The molecule has 22 heavy (non-hydrogen) atoms. The van der Waals surface area contributed by atoms with Crippen molar-refractivity contribution in [3.05, 3.63) is 28.8 Å². The molecule has 0 heterocycles. The lowest BCUT2D eigenvalue weighted by molar-refractivity contribution is -0.137. The first kappa shape index (κ1) is 18.9. The number of halogens is 1. The van der Waals surface area contributed by atoms with Gasteiger partial charge in [0.2, 0.25) is 10.0 Å². The Bertz CT molecular complexity index is 758. The Labute approximate surface area is 134 Å². The number of benzene rings is 1. The summed E-state index contributed by atoms with van der Waals surface area (Å²) in [6.45, 7) is -0.0700. The van der Waals surface area contributed by atoms with E-state index in [9.17, 15) is 21.6 Å². The fraction of sp³-hybridized carbons (Fsp3) is 0.417. The highest BCUT2D eigenvalue weighted by Gasteiger charge is 2.21. The van der Waals surface area contributed by atoms with Gasteiger partial charge in [-0.1, -0.05) is 17.7 Å². The van der Waals surface area contributed by atoms with E-state index >= 15 is 0 Å². The molecule has 0 saturated carbocycles. The molecule has 0 aliphatic heterocycles. The van der Waals surface area contributed by atoms with Gasteiger partial charge in [0.15, 0.2) is 9.84 Å². The van der Waals surface area contributed by atoms with Crippen molar-refractivity contribution in [1.29, 1.82) is 0 Å². The number of hydrogen-bond donors (Lipinski definition) is 2. The zero-order valence-electron chi connectivity index (χ0n) is 11.7. The number of hydrogen-bond acceptors (Lipinski definition) is 5. The summed E-state index contributed by atoms with van der Waals surface area (Å²) in [6, 6.07) is 3.92. The summed E-state index contributed by atoms with van der Waals surface area (Å²) in [4.78, 5) is 10.2. The van der Waals surface area contributed by atoms with E-state index in [0.717, 1.165) is 6.26 Å². The number of carboxylic acids is 1. The number of nitrogens with one attached hydrogen (secondary N) is 1. The van der Waals surface area contributed by atoms with Crippen LogP contribution in [-0.2, 0) is 30.4 Å². The predicted octanol–water partition coefficient (Wildman–Crippen LogP) is 1.03. The maximum Gasteiger partial charge on any atom is 0.303 e. The number of carbonyl (C=O) groups is 1. The van der Waals surface area contributed by atoms with Gasteiger partial charge in [0.05, 0.1) is 10.6 Å². The molecule has 0 bridgehead atoms. The summed E-state index contributed by atoms with van der Waals surface area (Å²) in [7, 11) is -7.40. The van der Waals surface area contributed by atoms with Crippen molar-refractivity contribution in [2.24, 2.45) is 0 Å². The molecule has 2 N–H and O–H groups in total. The Balaban J connectivity index is 3.02. The van der Waals surface area contributed by atoms with Crippen molar-refractivity contribution in [3.8, 4) is 0 Å². The Morgan fingerprint density at radius 1 is 1.27 bits per heavy atom. The zero-order chi connectivity index (χ0) is 17.0. The largest absolute Gasteiger partial charge is 0.481 e. The van der Waals surface area contributed by atoms with Crippen LogP contribution in [0.4, 0.5) is 0 Å². The number of carboxylic acid groups (broad SMARTS) is 1. The lowest BCUT2D eigenvalue weighted by Gasteiger charge is -2.11. The molecule has 10 heteroatoms. The first-order valence-corrected chi connectivity index (χ1v) is 10.1. The van der Waals surface area contributed by atoms with Crippen molar-refractivity contribution in [3.63, 3.8) is 0 Å². The molecule has 7 nitrogen and oxygen atoms in total. The molecule has 124 valence electrons.